The Morgan fingerprint density at radius 1 is 1.32 bits per heavy atom. The third-order valence-electron chi connectivity index (χ3n) is 3.40. The molecule has 3 aromatic rings. The van der Waals surface area contributed by atoms with Crippen molar-refractivity contribution in [2.24, 2.45) is 5.73 Å². The van der Waals surface area contributed by atoms with E-state index in [0.29, 0.717) is 17.0 Å². The molecule has 0 amide bonds. The molecular formula is C16H15FN4O. The van der Waals surface area contributed by atoms with E-state index < -0.39 is 11.9 Å². The zero-order valence-corrected chi connectivity index (χ0v) is 12.0. The summed E-state index contributed by atoms with van der Waals surface area (Å²) in [4.78, 5) is 21.3. The minimum absolute atomic E-state index is 0.236. The van der Waals surface area contributed by atoms with Crippen LogP contribution < -0.4 is 11.3 Å². The zero-order valence-electron chi connectivity index (χ0n) is 12.0. The van der Waals surface area contributed by atoms with E-state index in [1.807, 2.05) is 12.1 Å². The molecule has 2 N–H and O–H groups in total. The lowest BCUT2D eigenvalue weighted by Crippen LogP contribution is -2.29. The largest absolute Gasteiger partial charge is 0.322 e. The van der Waals surface area contributed by atoms with Gasteiger partial charge in [0.05, 0.1) is 29.2 Å². The minimum atomic E-state index is -0.468. The Bertz CT molecular complexity index is 874. The van der Waals surface area contributed by atoms with Crippen LogP contribution in [0.4, 0.5) is 4.39 Å². The quantitative estimate of drug-likeness (QED) is 0.802. The standard InChI is InChI=1S/C16H15FN4O/c1-10(18)15-20-14-6-5-11(17)8-13(14)16(22)21(15)9-12-4-2-3-7-19-12/h2-8,10H,9,18H2,1H3/t10-/m0/s1. The monoisotopic (exact) mass is 298 g/mol. The Morgan fingerprint density at radius 3 is 2.82 bits per heavy atom. The summed E-state index contributed by atoms with van der Waals surface area (Å²) in [6, 6.07) is 8.99. The van der Waals surface area contributed by atoms with Crippen LogP contribution in [0.1, 0.15) is 24.5 Å². The SMILES string of the molecule is C[C@H](N)c1nc2ccc(F)cc2c(=O)n1Cc1ccccn1. The number of benzene rings is 1. The zero-order chi connectivity index (χ0) is 15.7. The molecule has 3 rings (SSSR count). The maximum Gasteiger partial charge on any atom is 0.261 e. The van der Waals surface area contributed by atoms with Gasteiger partial charge in [0.1, 0.15) is 11.6 Å². The number of fused-ring (bicyclic) bond motifs is 1. The first-order chi connectivity index (χ1) is 10.6. The molecule has 2 aromatic heterocycles. The molecule has 0 spiro atoms. The highest BCUT2D eigenvalue weighted by molar-refractivity contribution is 5.77. The fourth-order valence-electron chi connectivity index (χ4n) is 2.36. The van der Waals surface area contributed by atoms with Crippen LogP contribution >= 0.6 is 0 Å². The second kappa shape index (κ2) is 5.65. The van der Waals surface area contributed by atoms with Crippen LogP contribution in [0.3, 0.4) is 0 Å². The van der Waals surface area contributed by atoms with Crippen molar-refractivity contribution in [3.05, 3.63) is 70.3 Å². The van der Waals surface area contributed by atoms with Crippen LogP contribution in [0.2, 0.25) is 0 Å². The van der Waals surface area contributed by atoms with Gasteiger partial charge in [-0.2, -0.15) is 0 Å². The van der Waals surface area contributed by atoms with Crippen molar-refractivity contribution >= 4 is 10.9 Å². The van der Waals surface area contributed by atoms with Crippen LogP contribution in [0.15, 0.2) is 47.4 Å². The summed E-state index contributed by atoms with van der Waals surface area (Å²) >= 11 is 0. The molecule has 1 atom stereocenters. The number of halogens is 1. The number of aromatic nitrogens is 3. The third kappa shape index (κ3) is 2.60. The van der Waals surface area contributed by atoms with Crippen molar-refractivity contribution < 1.29 is 4.39 Å². The number of pyridine rings is 1. The lowest BCUT2D eigenvalue weighted by atomic mass is 10.2. The van der Waals surface area contributed by atoms with Crippen LogP contribution in [0.25, 0.3) is 10.9 Å². The molecule has 0 aliphatic heterocycles. The van der Waals surface area contributed by atoms with E-state index >= 15 is 0 Å². The third-order valence-corrected chi connectivity index (χ3v) is 3.40. The number of nitrogens with zero attached hydrogens (tertiary/aromatic N) is 3. The summed E-state index contributed by atoms with van der Waals surface area (Å²) in [5.74, 6) is -0.0147. The fourth-order valence-corrected chi connectivity index (χ4v) is 2.36. The Labute approximate surface area is 126 Å². The van der Waals surface area contributed by atoms with Crippen LogP contribution in [-0.2, 0) is 6.54 Å². The molecular weight excluding hydrogens is 283 g/mol. The average molecular weight is 298 g/mol. The normalized spacial score (nSPS) is 12.5. The number of hydrogen-bond acceptors (Lipinski definition) is 4. The summed E-state index contributed by atoms with van der Waals surface area (Å²) < 4.78 is 14.9. The Kier molecular flexibility index (Phi) is 3.68. The van der Waals surface area contributed by atoms with Gasteiger partial charge in [-0.05, 0) is 37.3 Å². The molecule has 0 radical (unpaired) electrons. The molecule has 0 aliphatic carbocycles. The number of rotatable bonds is 3. The van der Waals surface area contributed by atoms with Crippen molar-refractivity contribution in [1.82, 2.24) is 14.5 Å². The van der Waals surface area contributed by atoms with E-state index in [2.05, 4.69) is 9.97 Å². The number of hydrogen-bond donors (Lipinski definition) is 1. The van der Waals surface area contributed by atoms with Gasteiger partial charge in [0.2, 0.25) is 0 Å². The molecule has 0 aliphatic rings. The molecule has 2 heterocycles. The van der Waals surface area contributed by atoms with E-state index in [0.717, 1.165) is 0 Å². The predicted octanol–water partition coefficient (Wildman–Crippen LogP) is 2.00. The van der Waals surface area contributed by atoms with Gasteiger partial charge in [0.25, 0.3) is 5.56 Å². The summed E-state index contributed by atoms with van der Waals surface area (Å²) in [6.07, 6.45) is 1.65. The van der Waals surface area contributed by atoms with Gasteiger partial charge in [-0.15, -0.1) is 0 Å². The highest BCUT2D eigenvalue weighted by atomic mass is 19.1. The van der Waals surface area contributed by atoms with Gasteiger partial charge in [-0.25, -0.2) is 9.37 Å². The lowest BCUT2D eigenvalue weighted by molar-refractivity contribution is 0.610. The summed E-state index contributed by atoms with van der Waals surface area (Å²) in [7, 11) is 0. The van der Waals surface area contributed by atoms with Gasteiger partial charge >= 0.3 is 0 Å². The topological polar surface area (TPSA) is 73.8 Å². The van der Waals surface area contributed by atoms with E-state index in [1.165, 1.54) is 22.8 Å². The fraction of sp³-hybridized carbons (Fsp3) is 0.188. The molecule has 5 nitrogen and oxygen atoms in total. The highest BCUT2D eigenvalue weighted by Crippen LogP contribution is 2.14. The van der Waals surface area contributed by atoms with E-state index in [4.69, 9.17) is 5.73 Å². The van der Waals surface area contributed by atoms with Crippen molar-refractivity contribution in [2.45, 2.75) is 19.5 Å². The van der Waals surface area contributed by atoms with Crippen molar-refractivity contribution in [1.29, 1.82) is 0 Å². The average Bonchev–Trinajstić information content (AvgIpc) is 2.51. The first kappa shape index (κ1) is 14.3. The molecule has 0 fully saturated rings. The first-order valence-electron chi connectivity index (χ1n) is 6.92. The van der Waals surface area contributed by atoms with E-state index in [-0.39, 0.29) is 17.5 Å². The van der Waals surface area contributed by atoms with Crippen molar-refractivity contribution in [2.75, 3.05) is 0 Å². The summed E-state index contributed by atoms with van der Waals surface area (Å²) in [5.41, 5.74) is 6.78. The Balaban J connectivity index is 2.24. The summed E-state index contributed by atoms with van der Waals surface area (Å²) in [5, 5.41) is 0.236. The molecule has 22 heavy (non-hydrogen) atoms. The second-order valence-corrected chi connectivity index (χ2v) is 5.13. The molecule has 0 unspecified atom stereocenters. The highest BCUT2D eigenvalue weighted by Gasteiger charge is 2.15. The molecule has 0 saturated heterocycles. The minimum Gasteiger partial charge on any atom is -0.322 e. The van der Waals surface area contributed by atoms with Crippen molar-refractivity contribution in [3.63, 3.8) is 0 Å². The molecule has 0 bridgehead atoms. The van der Waals surface area contributed by atoms with E-state index in [9.17, 15) is 9.18 Å². The maximum absolute atomic E-state index is 13.4. The Morgan fingerprint density at radius 2 is 2.14 bits per heavy atom. The summed E-state index contributed by atoms with van der Waals surface area (Å²) in [6.45, 7) is 2.00. The van der Waals surface area contributed by atoms with Crippen LogP contribution in [0, 0.1) is 5.82 Å². The molecule has 112 valence electrons. The van der Waals surface area contributed by atoms with Gasteiger partial charge < -0.3 is 5.73 Å². The number of nitrogens with two attached hydrogens (primary N) is 1. The van der Waals surface area contributed by atoms with Gasteiger partial charge in [-0.3, -0.25) is 14.3 Å². The smallest absolute Gasteiger partial charge is 0.261 e. The van der Waals surface area contributed by atoms with Crippen LogP contribution in [0.5, 0.6) is 0 Å². The Hall–Kier alpha value is -2.60. The predicted molar refractivity (Wildman–Crippen MR) is 81.9 cm³/mol. The van der Waals surface area contributed by atoms with Gasteiger partial charge in [0.15, 0.2) is 0 Å². The first-order valence-corrected chi connectivity index (χ1v) is 6.92. The lowest BCUT2D eigenvalue weighted by Gasteiger charge is -2.15. The van der Waals surface area contributed by atoms with Crippen molar-refractivity contribution in [3.8, 4) is 0 Å². The molecule has 6 heteroatoms. The van der Waals surface area contributed by atoms with Gasteiger partial charge in [-0.1, -0.05) is 6.07 Å². The van der Waals surface area contributed by atoms with Gasteiger partial charge in [0, 0.05) is 6.20 Å². The van der Waals surface area contributed by atoms with Crippen LogP contribution in [-0.4, -0.2) is 14.5 Å². The molecule has 0 saturated carbocycles. The van der Waals surface area contributed by atoms with E-state index in [1.54, 1.807) is 19.2 Å². The molecule has 1 aromatic carbocycles. The maximum atomic E-state index is 13.4. The second-order valence-electron chi connectivity index (χ2n) is 5.13.